The molecular formula is C17H24N2O2. The van der Waals surface area contributed by atoms with Gasteiger partial charge in [-0.2, -0.15) is 0 Å². The summed E-state index contributed by atoms with van der Waals surface area (Å²) in [4.78, 5) is 4.26. The van der Waals surface area contributed by atoms with Crippen LogP contribution in [0.3, 0.4) is 0 Å². The predicted molar refractivity (Wildman–Crippen MR) is 82.9 cm³/mol. The van der Waals surface area contributed by atoms with Gasteiger partial charge in [-0.15, -0.1) is 0 Å². The lowest BCUT2D eigenvalue weighted by atomic mass is 10.1. The van der Waals surface area contributed by atoms with E-state index in [-0.39, 0.29) is 5.54 Å². The lowest BCUT2D eigenvalue weighted by Gasteiger charge is -2.19. The molecule has 0 saturated carbocycles. The molecule has 114 valence electrons. The van der Waals surface area contributed by atoms with Gasteiger partial charge in [0.25, 0.3) is 0 Å². The SMILES string of the molecule is CC(C)(C)NCc1ccc(COCCc2ccccn2)o1. The van der Waals surface area contributed by atoms with Crippen LogP contribution in [0.5, 0.6) is 0 Å². The molecule has 0 atom stereocenters. The Bertz CT molecular complexity index is 529. The van der Waals surface area contributed by atoms with Crippen molar-refractivity contribution in [3.8, 4) is 0 Å². The van der Waals surface area contributed by atoms with Crippen molar-refractivity contribution in [2.45, 2.75) is 45.9 Å². The summed E-state index contributed by atoms with van der Waals surface area (Å²) in [7, 11) is 0. The molecule has 0 spiro atoms. The van der Waals surface area contributed by atoms with Gasteiger partial charge in [0, 0.05) is 23.9 Å². The first kappa shape index (κ1) is 15.7. The van der Waals surface area contributed by atoms with Crippen LogP contribution in [0.4, 0.5) is 0 Å². The van der Waals surface area contributed by atoms with E-state index < -0.39 is 0 Å². The highest BCUT2D eigenvalue weighted by atomic mass is 16.5. The highest BCUT2D eigenvalue weighted by molar-refractivity contribution is 5.07. The van der Waals surface area contributed by atoms with E-state index in [1.54, 1.807) is 6.20 Å². The smallest absolute Gasteiger partial charge is 0.129 e. The molecule has 2 aromatic rings. The Morgan fingerprint density at radius 3 is 2.67 bits per heavy atom. The quantitative estimate of drug-likeness (QED) is 0.794. The third-order valence-electron chi connectivity index (χ3n) is 2.98. The van der Waals surface area contributed by atoms with Crippen molar-refractivity contribution in [1.29, 1.82) is 0 Å². The number of nitrogens with one attached hydrogen (secondary N) is 1. The van der Waals surface area contributed by atoms with Crippen LogP contribution >= 0.6 is 0 Å². The monoisotopic (exact) mass is 288 g/mol. The fourth-order valence-corrected chi connectivity index (χ4v) is 1.84. The molecule has 2 rings (SSSR count). The van der Waals surface area contributed by atoms with Crippen molar-refractivity contribution in [1.82, 2.24) is 10.3 Å². The van der Waals surface area contributed by atoms with Gasteiger partial charge in [-0.1, -0.05) is 6.07 Å². The van der Waals surface area contributed by atoms with E-state index in [0.29, 0.717) is 13.2 Å². The summed E-state index contributed by atoms with van der Waals surface area (Å²) in [6.07, 6.45) is 2.62. The molecule has 4 nitrogen and oxygen atoms in total. The summed E-state index contributed by atoms with van der Waals surface area (Å²) < 4.78 is 11.4. The Morgan fingerprint density at radius 1 is 1.14 bits per heavy atom. The van der Waals surface area contributed by atoms with Gasteiger partial charge in [-0.05, 0) is 45.0 Å². The lowest BCUT2D eigenvalue weighted by molar-refractivity contribution is 0.107. The number of aromatic nitrogens is 1. The molecule has 0 radical (unpaired) electrons. The van der Waals surface area contributed by atoms with Gasteiger partial charge in [0.15, 0.2) is 0 Å². The standard InChI is InChI=1S/C17H24N2O2/c1-17(2,3)19-12-15-7-8-16(21-15)13-20-11-9-14-6-4-5-10-18-14/h4-8,10,19H,9,11-13H2,1-3H3. The summed E-state index contributed by atoms with van der Waals surface area (Å²) in [6, 6.07) is 9.88. The van der Waals surface area contributed by atoms with Crippen molar-refractivity contribution in [2.75, 3.05) is 6.61 Å². The zero-order chi connectivity index (χ0) is 15.1. The predicted octanol–water partition coefficient (Wildman–Crippen LogP) is 3.32. The highest BCUT2D eigenvalue weighted by Gasteiger charge is 2.10. The van der Waals surface area contributed by atoms with Crippen LogP contribution in [0.1, 0.15) is 38.0 Å². The lowest BCUT2D eigenvalue weighted by Crippen LogP contribution is -2.34. The third kappa shape index (κ3) is 6.10. The molecule has 0 aliphatic rings. The van der Waals surface area contributed by atoms with Crippen LogP contribution < -0.4 is 5.32 Å². The van der Waals surface area contributed by atoms with Crippen LogP contribution in [0.25, 0.3) is 0 Å². The number of hydrogen-bond donors (Lipinski definition) is 1. The van der Waals surface area contributed by atoms with E-state index in [0.717, 1.165) is 30.2 Å². The molecule has 2 heterocycles. The molecule has 0 amide bonds. The highest BCUT2D eigenvalue weighted by Crippen LogP contribution is 2.11. The van der Waals surface area contributed by atoms with E-state index in [9.17, 15) is 0 Å². The van der Waals surface area contributed by atoms with Crippen molar-refractivity contribution < 1.29 is 9.15 Å². The average Bonchev–Trinajstić information content (AvgIpc) is 2.90. The molecule has 4 heteroatoms. The Morgan fingerprint density at radius 2 is 1.95 bits per heavy atom. The minimum Gasteiger partial charge on any atom is -0.462 e. The average molecular weight is 288 g/mol. The van der Waals surface area contributed by atoms with E-state index >= 15 is 0 Å². The second-order valence-corrected chi connectivity index (χ2v) is 6.10. The van der Waals surface area contributed by atoms with Crippen molar-refractivity contribution in [3.05, 3.63) is 53.7 Å². The minimum absolute atomic E-state index is 0.0894. The van der Waals surface area contributed by atoms with Crippen LogP contribution in [-0.4, -0.2) is 17.1 Å². The van der Waals surface area contributed by atoms with Gasteiger partial charge in [-0.3, -0.25) is 4.98 Å². The number of furan rings is 1. The van der Waals surface area contributed by atoms with E-state index in [1.807, 2.05) is 30.3 Å². The van der Waals surface area contributed by atoms with Gasteiger partial charge >= 0.3 is 0 Å². The maximum absolute atomic E-state index is 5.73. The number of hydrogen-bond acceptors (Lipinski definition) is 4. The zero-order valence-corrected chi connectivity index (χ0v) is 13.1. The Balaban J connectivity index is 1.68. The van der Waals surface area contributed by atoms with E-state index in [1.165, 1.54) is 0 Å². The second kappa shape index (κ2) is 7.38. The van der Waals surface area contributed by atoms with Crippen LogP contribution in [-0.2, 0) is 24.3 Å². The Hall–Kier alpha value is -1.65. The number of nitrogens with zero attached hydrogens (tertiary/aromatic N) is 1. The molecule has 2 aromatic heterocycles. The van der Waals surface area contributed by atoms with Crippen molar-refractivity contribution >= 4 is 0 Å². The number of pyridine rings is 1. The summed E-state index contributed by atoms with van der Waals surface area (Å²) >= 11 is 0. The van der Waals surface area contributed by atoms with E-state index in [2.05, 4.69) is 31.1 Å². The second-order valence-electron chi connectivity index (χ2n) is 6.10. The number of rotatable bonds is 7. The molecular weight excluding hydrogens is 264 g/mol. The molecule has 0 unspecified atom stereocenters. The largest absolute Gasteiger partial charge is 0.462 e. The number of ether oxygens (including phenoxy) is 1. The zero-order valence-electron chi connectivity index (χ0n) is 13.1. The molecule has 0 aliphatic heterocycles. The maximum atomic E-state index is 5.73. The summed E-state index contributed by atoms with van der Waals surface area (Å²) in [6.45, 7) is 8.29. The molecule has 0 saturated heterocycles. The fraction of sp³-hybridized carbons (Fsp3) is 0.471. The third-order valence-corrected chi connectivity index (χ3v) is 2.98. The first-order valence-corrected chi connectivity index (χ1v) is 7.33. The summed E-state index contributed by atoms with van der Waals surface area (Å²) in [5.74, 6) is 1.80. The van der Waals surface area contributed by atoms with Crippen LogP contribution in [0.15, 0.2) is 40.9 Å². The molecule has 21 heavy (non-hydrogen) atoms. The topological polar surface area (TPSA) is 47.3 Å². The maximum Gasteiger partial charge on any atom is 0.129 e. The first-order valence-electron chi connectivity index (χ1n) is 7.33. The van der Waals surface area contributed by atoms with Crippen molar-refractivity contribution in [2.24, 2.45) is 0 Å². The molecule has 0 aliphatic carbocycles. The Kier molecular flexibility index (Phi) is 5.53. The molecule has 0 bridgehead atoms. The summed E-state index contributed by atoms with van der Waals surface area (Å²) in [5, 5.41) is 3.40. The van der Waals surface area contributed by atoms with Gasteiger partial charge in [0.1, 0.15) is 18.1 Å². The minimum atomic E-state index is 0.0894. The fourth-order valence-electron chi connectivity index (χ4n) is 1.84. The van der Waals surface area contributed by atoms with Crippen LogP contribution in [0.2, 0.25) is 0 Å². The molecule has 0 fully saturated rings. The molecule has 1 N–H and O–H groups in total. The summed E-state index contributed by atoms with van der Waals surface area (Å²) in [5.41, 5.74) is 1.14. The van der Waals surface area contributed by atoms with Crippen LogP contribution in [0, 0.1) is 0 Å². The van der Waals surface area contributed by atoms with Gasteiger partial charge in [0.2, 0.25) is 0 Å². The van der Waals surface area contributed by atoms with E-state index in [4.69, 9.17) is 9.15 Å². The van der Waals surface area contributed by atoms with Gasteiger partial charge in [-0.25, -0.2) is 0 Å². The Labute approximate surface area is 126 Å². The first-order chi connectivity index (χ1) is 10.0. The molecule has 0 aromatic carbocycles. The normalized spacial score (nSPS) is 11.8. The van der Waals surface area contributed by atoms with Gasteiger partial charge < -0.3 is 14.5 Å². The van der Waals surface area contributed by atoms with Gasteiger partial charge in [0.05, 0.1) is 13.2 Å². The van der Waals surface area contributed by atoms with Crippen molar-refractivity contribution in [3.63, 3.8) is 0 Å².